The molecule has 1 aromatic rings. The van der Waals surface area contributed by atoms with Crippen LogP contribution in [0.25, 0.3) is 0 Å². The summed E-state index contributed by atoms with van der Waals surface area (Å²) in [6.07, 6.45) is 3.42. The third-order valence-corrected chi connectivity index (χ3v) is 4.48. The normalized spacial score (nSPS) is 20.8. The third kappa shape index (κ3) is 4.40. The van der Waals surface area contributed by atoms with Gasteiger partial charge in [-0.2, -0.15) is 0 Å². The molecule has 1 aliphatic rings. The summed E-state index contributed by atoms with van der Waals surface area (Å²) in [6, 6.07) is 9.54. The molecule has 0 aromatic heterocycles. The fourth-order valence-corrected chi connectivity index (χ4v) is 3.36. The lowest BCUT2D eigenvalue weighted by atomic mass is 10.1. The Kier molecular flexibility index (Phi) is 4.74. The van der Waals surface area contributed by atoms with Gasteiger partial charge in [-0.3, -0.25) is 0 Å². The molecule has 0 aliphatic carbocycles. The van der Waals surface area contributed by atoms with Crippen LogP contribution in [0.15, 0.2) is 30.3 Å². The van der Waals surface area contributed by atoms with Crippen molar-refractivity contribution in [2.45, 2.75) is 31.1 Å². The maximum Gasteiger partial charge on any atom is 0.215 e. The van der Waals surface area contributed by atoms with Gasteiger partial charge in [0.1, 0.15) is 0 Å². The molecule has 1 aliphatic heterocycles. The summed E-state index contributed by atoms with van der Waals surface area (Å²) in [7, 11) is -3.22. The lowest BCUT2D eigenvalue weighted by molar-refractivity contribution is 0.398. The second-order valence-corrected chi connectivity index (χ2v) is 6.55. The van der Waals surface area contributed by atoms with Crippen LogP contribution in [0.4, 0.5) is 0 Å². The number of nitrogens with one attached hydrogen (secondary N) is 2. The fourth-order valence-electron chi connectivity index (χ4n) is 2.17. The standard InChI is InChI=1S/C13H20N2O2S/c16-18(17,11-12-6-2-1-3-7-12)15-10-13-8-4-5-9-14-13/h1-3,6-7,13-15H,4-5,8-11H2. The van der Waals surface area contributed by atoms with E-state index in [9.17, 15) is 8.42 Å². The summed E-state index contributed by atoms with van der Waals surface area (Å²) >= 11 is 0. The summed E-state index contributed by atoms with van der Waals surface area (Å²) < 4.78 is 26.5. The Bertz CT molecular complexity index is 453. The van der Waals surface area contributed by atoms with E-state index in [1.54, 1.807) is 0 Å². The van der Waals surface area contributed by atoms with Gasteiger partial charge in [0, 0.05) is 12.6 Å². The van der Waals surface area contributed by atoms with E-state index in [2.05, 4.69) is 10.0 Å². The van der Waals surface area contributed by atoms with Gasteiger partial charge in [-0.05, 0) is 24.9 Å². The molecular formula is C13H20N2O2S. The molecule has 2 N–H and O–H groups in total. The second kappa shape index (κ2) is 6.31. The minimum Gasteiger partial charge on any atom is -0.313 e. The van der Waals surface area contributed by atoms with Gasteiger partial charge in [-0.1, -0.05) is 36.8 Å². The quantitative estimate of drug-likeness (QED) is 0.845. The van der Waals surface area contributed by atoms with Crippen LogP contribution in [0, 0.1) is 0 Å². The molecule has 0 amide bonds. The van der Waals surface area contributed by atoms with Crippen molar-refractivity contribution in [1.82, 2.24) is 10.0 Å². The molecule has 1 unspecified atom stereocenters. The molecule has 1 heterocycles. The third-order valence-electron chi connectivity index (χ3n) is 3.16. The smallest absolute Gasteiger partial charge is 0.215 e. The number of rotatable bonds is 5. The van der Waals surface area contributed by atoms with E-state index in [1.165, 1.54) is 12.8 Å². The molecule has 0 bridgehead atoms. The Morgan fingerprint density at radius 1 is 1.22 bits per heavy atom. The van der Waals surface area contributed by atoms with Gasteiger partial charge < -0.3 is 5.32 Å². The van der Waals surface area contributed by atoms with Crippen molar-refractivity contribution >= 4 is 10.0 Å². The van der Waals surface area contributed by atoms with Crippen LogP contribution < -0.4 is 10.0 Å². The monoisotopic (exact) mass is 268 g/mol. The first-order valence-corrected chi connectivity index (χ1v) is 8.05. The predicted molar refractivity (Wildman–Crippen MR) is 72.7 cm³/mol. The molecule has 5 heteroatoms. The van der Waals surface area contributed by atoms with Crippen molar-refractivity contribution in [2.24, 2.45) is 0 Å². The Labute approximate surface area is 109 Å². The van der Waals surface area contributed by atoms with Crippen molar-refractivity contribution in [3.63, 3.8) is 0 Å². The molecule has 18 heavy (non-hydrogen) atoms. The van der Waals surface area contributed by atoms with E-state index in [0.29, 0.717) is 6.54 Å². The van der Waals surface area contributed by atoms with Crippen LogP contribution in [0.3, 0.4) is 0 Å². The lowest BCUT2D eigenvalue weighted by Crippen LogP contribution is -2.43. The van der Waals surface area contributed by atoms with Crippen molar-refractivity contribution in [1.29, 1.82) is 0 Å². The molecule has 0 spiro atoms. The SMILES string of the molecule is O=S(=O)(Cc1ccccc1)NCC1CCCCN1. The second-order valence-electron chi connectivity index (χ2n) is 4.74. The van der Waals surface area contributed by atoms with E-state index in [1.807, 2.05) is 30.3 Å². The zero-order valence-electron chi connectivity index (χ0n) is 10.4. The molecule has 1 atom stereocenters. The van der Waals surface area contributed by atoms with E-state index >= 15 is 0 Å². The predicted octanol–water partition coefficient (Wildman–Crippen LogP) is 1.25. The van der Waals surface area contributed by atoms with Gasteiger partial charge in [0.25, 0.3) is 0 Å². The van der Waals surface area contributed by atoms with Gasteiger partial charge >= 0.3 is 0 Å². The Morgan fingerprint density at radius 3 is 2.67 bits per heavy atom. The first kappa shape index (κ1) is 13.5. The van der Waals surface area contributed by atoms with Crippen molar-refractivity contribution < 1.29 is 8.42 Å². The largest absolute Gasteiger partial charge is 0.313 e. The van der Waals surface area contributed by atoms with Crippen LogP contribution >= 0.6 is 0 Å². The van der Waals surface area contributed by atoms with Crippen LogP contribution in [0.5, 0.6) is 0 Å². The van der Waals surface area contributed by atoms with Crippen molar-refractivity contribution in [2.75, 3.05) is 13.1 Å². The molecule has 2 rings (SSSR count). The van der Waals surface area contributed by atoms with Crippen molar-refractivity contribution in [3.05, 3.63) is 35.9 Å². The summed E-state index contributed by atoms with van der Waals surface area (Å²) in [6.45, 7) is 1.49. The summed E-state index contributed by atoms with van der Waals surface area (Å²) in [5.74, 6) is 0.0561. The minimum absolute atomic E-state index is 0.0561. The summed E-state index contributed by atoms with van der Waals surface area (Å²) in [5.41, 5.74) is 0.821. The molecular weight excluding hydrogens is 248 g/mol. The maximum atomic E-state index is 11.9. The molecule has 1 fully saturated rings. The minimum atomic E-state index is -3.22. The summed E-state index contributed by atoms with van der Waals surface area (Å²) in [5, 5.41) is 3.33. The van der Waals surface area contributed by atoms with Crippen LogP contribution in [-0.4, -0.2) is 27.5 Å². The average molecular weight is 268 g/mol. The maximum absolute atomic E-state index is 11.9. The molecule has 4 nitrogen and oxygen atoms in total. The van der Waals surface area contributed by atoms with Crippen LogP contribution in [0.2, 0.25) is 0 Å². The Morgan fingerprint density at radius 2 is 2.00 bits per heavy atom. The number of hydrogen-bond donors (Lipinski definition) is 2. The van der Waals surface area contributed by atoms with Gasteiger partial charge in [-0.15, -0.1) is 0 Å². The summed E-state index contributed by atoms with van der Waals surface area (Å²) in [4.78, 5) is 0. The zero-order chi connectivity index (χ0) is 12.8. The Balaban J connectivity index is 1.83. The van der Waals surface area contributed by atoms with Gasteiger partial charge in [-0.25, -0.2) is 13.1 Å². The van der Waals surface area contributed by atoms with Gasteiger partial charge in [0.2, 0.25) is 10.0 Å². The van der Waals surface area contributed by atoms with E-state index < -0.39 is 10.0 Å². The number of benzene rings is 1. The van der Waals surface area contributed by atoms with E-state index in [4.69, 9.17) is 0 Å². The first-order valence-electron chi connectivity index (χ1n) is 6.40. The van der Waals surface area contributed by atoms with Gasteiger partial charge in [0.05, 0.1) is 5.75 Å². The van der Waals surface area contributed by atoms with Crippen LogP contribution in [0.1, 0.15) is 24.8 Å². The first-order chi connectivity index (χ1) is 8.66. The van der Waals surface area contributed by atoms with E-state index in [-0.39, 0.29) is 11.8 Å². The number of piperidine rings is 1. The molecule has 0 radical (unpaired) electrons. The number of sulfonamides is 1. The Hall–Kier alpha value is -0.910. The van der Waals surface area contributed by atoms with Crippen LogP contribution in [-0.2, 0) is 15.8 Å². The van der Waals surface area contributed by atoms with E-state index in [0.717, 1.165) is 18.5 Å². The molecule has 1 aromatic carbocycles. The lowest BCUT2D eigenvalue weighted by Gasteiger charge is -2.23. The number of hydrogen-bond acceptors (Lipinski definition) is 3. The van der Waals surface area contributed by atoms with Gasteiger partial charge in [0.15, 0.2) is 0 Å². The zero-order valence-corrected chi connectivity index (χ0v) is 11.2. The molecule has 100 valence electrons. The topological polar surface area (TPSA) is 58.2 Å². The highest BCUT2D eigenvalue weighted by molar-refractivity contribution is 7.88. The highest BCUT2D eigenvalue weighted by Gasteiger charge is 2.16. The highest BCUT2D eigenvalue weighted by atomic mass is 32.2. The highest BCUT2D eigenvalue weighted by Crippen LogP contribution is 2.07. The fraction of sp³-hybridized carbons (Fsp3) is 0.538. The molecule has 0 saturated carbocycles. The average Bonchev–Trinajstić information content (AvgIpc) is 2.38. The molecule has 1 saturated heterocycles. The van der Waals surface area contributed by atoms with Crippen molar-refractivity contribution in [3.8, 4) is 0 Å².